The summed E-state index contributed by atoms with van der Waals surface area (Å²) in [7, 11) is 0. The first-order valence-corrected chi connectivity index (χ1v) is 6.29. The van der Waals surface area contributed by atoms with Crippen LogP contribution in [-0.4, -0.2) is 11.0 Å². The predicted octanol–water partition coefficient (Wildman–Crippen LogP) is 4.21. The molecule has 3 aromatic rings. The summed E-state index contributed by atoms with van der Waals surface area (Å²) in [5, 5.41) is 6.98. The monoisotopic (exact) mass is 236 g/mol. The molecule has 2 heteroatoms. The maximum Gasteiger partial charge on any atom is 0.126 e. The molecule has 0 saturated heterocycles. The fraction of sp³-hybridized carbons (Fsp3) is 0.188. The van der Waals surface area contributed by atoms with Crippen molar-refractivity contribution in [2.24, 2.45) is 0 Å². The molecule has 1 aromatic heterocycles. The van der Waals surface area contributed by atoms with Gasteiger partial charge in [0.15, 0.2) is 0 Å². The minimum absolute atomic E-state index is 0.393. The molecule has 3 rings (SSSR count). The molecule has 90 valence electrons. The Hall–Kier alpha value is -2.09. The van der Waals surface area contributed by atoms with E-state index in [0.717, 1.165) is 11.3 Å². The molecule has 0 spiro atoms. The van der Waals surface area contributed by atoms with Crippen LogP contribution < -0.4 is 5.32 Å². The highest BCUT2D eigenvalue weighted by molar-refractivity contribution is 6.05. The van der Waals surface area contributed by atoms with Crippen molar-refractivity contribution < 1.29 is 0 Å². The molecule has 0 amide bonds. The molecule has 2 aromatic carbocycles. The van der Waals surface area contributed by atoms with Crippen molar-refractivity contribution in [3.8, 4) is 0 Å². The van der Waals surface area contributed by atoms with Gasteiger partial charge in [0, 0.05) is 16.8 Å². The molecular weight excluding hydrogens is 220 g/mol. The molecule has 0 aliphatic carbocycles. The zero-order valence-electron chi connectivity index (χ0n) is 10.6. The Balaban J connectivity index is 2.26. The van der Waals surface area contributed by atoms with Crippen molar-refractivity contribution in [3.63, 3.8) is 0 Å². The van der Waals surface area contributed by atoms with E-state index in [2.05, 4.69) is 61.6 Å². The summed E-state index contributed by atoms with van der Waals surface area (Å²) in [6.07, 6.45) is 0. The van der Waals surface area contributed by atoms with Gasteiger partial charge in [-0.05, 0) is 31.4 Å². The lowest BCUT2D eigenvalue weighted by Crippen LogP contribution is -2.10. The SMILES string of the molecule is CC(C)Nc1ccc2ccc3ccccc3c2n1. The predicted molar refractivity (Wildman–Crippen MR) is 78.0 cm³/mol. The van der Waals surface area contributed by atoms with Crippen LogP contribution in [0.15, 0.2) is 48.5 Å². The molecule has 1 heterocycles. The summed E-state index contributed by atoms with van der Waals surface area (Å²) < 4.78 is 0. The lowest BCUT2D eigenvalue weighted by molar-refractivity contribution is 0.891. The molecule has 0 unspecified atom stereocenters. The van der Waals surface area contributed by atoms with Gasteiger partial charge >= 0.3 is 0 Å². The van der Waals surface area contributed by atoms with Crippen LogP contribution in [0, 0.1) is 0 Å². The van der Waals surface area contributed by atoms with Crippen LogP contribution in [0.4, 0.5) is 5.82 Å². The molecular formula is C16H16N2. The van der Waals surface area contributed by atoms with E-state index in [1.54, 1.807) is 0 Å². The van der Waals surface area contributed by atoms with Gasteiger partial charge in [0.2, 0.25) is 0 Å². The Bertz CT molecular complexity index is 702. The molecule has 0 aliphatic rings. The first kappa shape index (κ1) is 11.0. The summed E-state index contributed by atoms with van der Waals surface area (Å²) in [5.74, 6) is 0.939. The van der Waals surface area contributed by atoms with Crippen molar-refractivity contribution in [2.75, 3.05) is 5.32 Å². The Kier molecular flexibility index (Phi) is 2.63. The summed E-state index contributed by atoms with van der Waals surface area (Å²) in [6, 6.07) is 17.2. The smallest absolute Gasteiger partial charge is 0.126 e. The van der Waals surface area contributed by atoms with Crippen LogP contribution in [0.25, 0.3) is 21.7 Å². The summed E-state index contributed by atoms with van der Waals surface area (Å²) in [4.78, 5) is 4.73. The fourth-order valence-electron chi connectivity index (χ4n) is 2.23. The number of benzene rings is 2. The van der Waals surface area contributed by atoms with Crippen LogP contribution in [0.5, 0.6) is 0 Å². The van der Waals surface area contributed by atoms with Gasteiger partial charge in [-0.1, -0.05) is 36.4 Å². The summed E-state index contributed by atoms with van der Waals surface area (Å²) >= 11 is 0. The zero-order chi connectivity index (χ0) is 12.5. The third-order valence-corrected chi connectivity index (χ3v) is 3.02. The van der Waals surface area contributed by atoms with Crippen molar-refractivity contribution in [1.82, 2.24) is 4.98 Å². The maximum atomic E-state index is 4.73. The van der Waals surface area contributed by atoms with E-state index in [1.807, 2.05) is 6.07 Å². The first-order chi connectivity index (χ1) is 8.74. The molecule has 0 bridgehead atoms. The van der Waals surface area contributed by atoms with E-state index in [1.165, 1.54) is 16.2 Å². The normalized spacial score (nSPS) is 11.3. The lowest BCUT2D eigenvalue weighted by atomic mass is 10.1. The van der Waals surface area contributed by atoms with Crippen LogP contribution in [0.3, 0.4) is 0 Å². The third-order valence-electron chi connectivity index (χ3n) is 3.02. The molecule has 0 radical (unpaired) electrons. The number of fused-ring (bicyclic) bond motifs is 3. The number of anilines is 1. The zero-order valence-corrected chi connectivity index (χ0v) is 10.6. The third kappa shape index (κ3) is 1.90. The van der Waals surface area contributed by atoms with Crippen LogP contribution in [0.2, 0.25) is 0 Å². The highest BCUT2D eigenvalue weighted by Crippen LogP contribution is 2.25. The van der Waals surface area contributed by atoms with Crippen LogP contribution in [0.1, 0.15) is 13.8 Å². The fourth-order valence-corrected chi connectivity index (χ4v) is 2.23. The number of hydrogen-bond donors (Lipinski definition) is 1. The van der Waals surface area contributed by atoms with E-state index in [0.29, 0.717) is 6.04 Å². The first-order valence-electron chi connectivity index (χ1n) is 6.29. The Morgan fingerprint density at radius 2 is 1.61 bits per heavy atom. The minimum Gasteiger partial charge on any atom is -0.368 e. The average molecular weight is 236 g/mol. The van der Waals surface area contributed by atoms with Crippen molar-refractivity contribution in [2.45, 2.75) is 19.9 Å². The molecule has 0 aliphatic heterocycles. The highest BCUT2D eigenvalue weighted by atomic mass is 15.0. The van der Waals surface area contributed by atoms with Gasteiger partial charge in [-0.2, -0.15) is 0 Å². The van der Waals surface area contributed by atoms with Gasteiger partial charge in [-0.15, -0.1) is 0 Å². The van der Waals surface area contributed by atoms with E-state index in [4.69, 9.17) is 4.98 Å². The maximum absolute atomic E-state index is 4.73. The van der Waals surface area contributed by atoms with Gasteiger partial charge in [-0.3, -0.25) is 0 Å². The minimum atomic E-state index is 0.393. The Labute approximate surface area is 107 Å². The molecule has 18 heavy (non-hydrogen) atoms. The number of pyridine rings is 1. The Morgan fingerprint density at radius 3 is 2.44 bits per heavy atom. The number of rotatable bonds is 2. The summed E-state index contributed by atoms with van der Waals surface area (Å²) in [5.41, 5.74) is 1.07. The largest absolute Gasteiger partial charge is 0.368 e. The van der Waals surface area contributed by atoms with E-state index >= 15 is 0 Å². The van der Waals surface area contributed by atoms with Gasteiger partial charge in [0.1, 0.15) is 5.82 Å². The standard InChI is InChI=1S/C16H16N2/c1-11(2)17-15-10-9-13-8-7-12-5-3-4-6-14(12)16(13)18-15/h3-11H,1-2H3,(H,17,18). The number of hydrogen-bond acceptors (Lipinski definition) is 2. The molecule has 0 atom stereocenters. The van der Waals surface area contributed by atoms with E-state index < -0.39 is 0 Å². The number of nitrogens with zero attached hydrogens (tertiary/aromatic N) is 1. The second kappa shape index (κ2) is 4.30. The number of nitrogens with one attached hydrogen (secondary N) is 1. The van der Waals surface area contributed by atoms with Crippen molar-refractivity contribution in [1.29, 1.82) is 0 Å². The second-order valence-corrected chi connectivity index (χ2v) is 4.85. The van der Waals surface area contributed by atoms with Gasteiger partial charge < -0.3 is 5.32 Å². The van der Waals surface area contributed by atoms with Crippen molar-refractivity contribution >= 4 is 27.5 Å². The lowest BCUT2D eigenvalue weighted by Gasteiger charge is -2.10. The molecule has 1 N–H and O–H groups in total. The molecule has 2 nitrogen and oxygen atoms in total. The van der Waals surface area contributed by atoms with Gasteiger partial charge in [0.05, 0.1) is 5.52 Å². The Morgan fingerprint density at radius 1 is 0.889 bits per heavy atom. The quantitative estimate of drug-likeness (QED) is 0.674. The van der Waals surface area contributed by atoms with Crippen molar-refractivity contribution in [3.05, 3.63) is 48.5 Å². The average Bonchev–Trinajstić information content (AvgIpc) is 2.38. The second-order valence-electron chi connectivity index (χ2n) is 4.85. The molecule has 0 fully saturated rings. The van der Waals surface area contributed by atoms with E-state index in [9.17, 15) is 0 Å². The van der Waals surface area contributed by atoms with Crippen LogP contribution in [-0.2, 0) is 0 Å². The number of aromatic nitrogens is 1. The van der Waals surface area contributed by atoms with Crippen LogP contribution >= 0.6 is 0 Å². The van der Waals surface area contributed by atoms with Gasteiger partial charge in [0.25, 0.3) is 0 Å². The highest BCUT2D eigenvalue weighted by Gasteiger charge is 2.03. The topological polar surface area (TPSA) is 24.9 Å². The summed E-state index contributed by atoms with van der Waals surface area (Å²) in [6.45, 7) is 4.24. The molecule has 0 saturated carbocycles. The van der Waals surface area contributed by atoms with Gasteiger partial charge in [-0.25, -0.2) is 4.98 Å². The van der Waals surface area contributed by atoms with E-state index in [-0.39, 0.29) is 0 Å².